The van der Waals surface area contributed by atoms with Gasteiger partial charge in [-0.2, -0.15) is 0 Å². The highest BCUT2D eigenvalue weighted by Crippen LogP contribution is 2.04. The van der Waals surface area contributed by atoms with E-state index in [2.05, 4.69) is 20.3 Å². The molecule has 0 aromatic heterocycles. The Morgan fingerprint density at radius 1 is 1.33 bits per heavy atom. The normalized spacial score (nSPS) is 36.4. The molecule has 0 saturated carbocycles. The molecule has 2 unspecified atom stereocenters. The van der Waals surface area contributed by atoms with Crippen molar-refractivity contribution in [3.63, 3.8) is 0 Å². The maximum atomic E-state index is 4.06. The quantitative estimate of drug-likeness (QED) is 0.459. The second kappa shape index (κ2) is 1.65. The minimum absolute atomic E-state index is 0.113. The van der Waals surface area contributed by atoms with Gasteiger partial charge in [0.1, 0.15) is 18.5 Å². The third kappa shape index (κ3) is 0.630. The summed E-state index contributed by atoms with van der Waals surface area (Å²) in [7, 11) is 0. The third-order valence-electron chi connectivity index (χ3n) is 1.35. The lowest BCUT2D eigenvalue weighted by Crippen LogP contribution is -2.32. The van der Waals surface area contributed by atoms with Crippen molar-refractivity contribution in [3.8, 4) is 0 Å². The van der Waals surface area contributed by atoms with Gasteiger partial charge in [-0.05, 0) is 0 Å². The fourth-order valence-corrected chi connectivity index (χ4v) is 0.874. The molecule has 0 saturated heterocycles. The van der Waals surface area contributed by atoms with Crippen LogP contribution in [-0.2, 0) is 0 Å². The first-order valence-corrected chi connectivity index (χ1v) is 2.79. The van der Waals surface area contributed by atoms with Crippen molar-refractivity contribution in [2.75, 3.05) is 0 Å². The van der Waals surface area contributed by atoms with Crippen LogP contribution in [0.15, 0.2) is 15.0 Å². The van der Waals surface area contributed by atoms with E-state index in [0.29, 0.717) is 0 Å². The summed E-state index contributed by atoms with van der Waals surface area (Å²) in [6, 6.07) is 0.134. The molecule has 2 atom stereocenters. The molecule has 0 fully saturated rings. The van der Waals surface area contributed by atoms with Gasteiger partial charge in [-0.3, -0.25) is 4.99 Å². The first kappa shape index (κ1) is 4.67. The van der Waals surface area contributed by atoms with Crippen molar-refractivity contribution in [2.24, 2.45) is 15.0 Å². The molecule has 0 amide bonds. The summed E-state index contributed by atoms with van der Waals surface area (Å²) in [6.07, 6.45) is 5.11. The first-order chi connectivity index (χ1) is 4.47. The second-order valence-corrected chi connectivity index (χ2v) is 1.94. The first-order valence-electron chi connectivity index (χ1n) is 2.79. The van der Waals surface area contributed by atoms with Crippen LogP contribution >= 0.6 is 0 Å². The Labute approximate surface area is 52.4 Å². The Morgan fingerprint density at radius 2 is 2.33 bits per heavy atom. The number of rotatable bonds is 0. The van der Waals surface area contributed by atoms with Gasteiger partial charge in [-0.1, -0.05) is 0 Å². The summed E-state index contributed by atoms with van der Waals surface area (Å²) in [6.45, 7) is 0. The predicted molar refractivity (Wildman–Crippen MR) is 36.2 cm³/mol. The molecule has 4 heteroatoms. The molecular weight excluding hydrogens is 116 g/mol. The van der Waals surface area contributed by atoms with Crippen molar-refractivity contribution in [2.45, 2.75) is 12.2 Å². The monoisotopic (exact) mass is 122 g/mol. The molecule has 0 aliphatic carbocycles. The maximum Gasteiger partial charge on any atom is 0.148 e. The van der Waals surface area contributed by atoms with Gasteiger partial charge < -0.3 is 5.32 Å². The van der Waals surface area contributed by atoms with E-state index in [1.807, 2.05) is 0 Å². The number of hydrogen-bond acceptors (Lipinski definition) is 4. The van der Waals surface area contributed by atoms with Crippen LogP contribution in [0.1, 0.15) is 0 Å². The van der Waals surface area contributed by atoms with Crippen molar-refractivity contribution < 1.29 is 0 Å². The smallest absolute Gasteiger partial charge is 0.148 e. The average Bonchev–Trinajstić information content (AvgIpc) is 2.33. The SMILES string of the molecule is C1=NC=NC2NC=NC12. The zero-order chi connectivity index (χ0) is 6.10. The summed E-state index contributed by atoms with van der Waals surface area (Å²) < 4.78 is 0. The molecule has 0 bridgehead atoms. The van der Waals surface area contributed by atoms with Gasteiger partial charge in [0.2, 0.25) is 0 Å². The minimum atomic E-state index is 0.113. The average molecular weight is 122 g/mol. The molecule has 2 heterocycles. The lowest BCUT2D eigenvalue weighted by atomic mass is 10.3. The Balaban J connectivity index is 2.25. The number of nitrogens with one attached hydrogen (secondary N) is 1. The van der Waals surface area contributed by atoms with E-state index in [9.17, 15) is 0 Å². The Kier molecular flexibility index (Phi) is 0.855. The van der Waals surface area contributed by atoms with Gasteiger partial charge in [0.25, 0.3) is 0 Å². The molecule has 0 radical (unpaired) electrons. The van der Waals surface area contributed by atoms with E-state index in [1.54, 1.807) is 18.9 Å². The third-order valence-corrected chi connectivity index (χ3v) is 1.35. The molecule has 9 heavy (non-hydrogen) atoms. The highest BCUT2D eigenvalue weighted by molar-refractivity contribution is 5.82. The molecular formula is C5H6N4. The molecule has 0 spiro atoms. The van der Waals surface area contributed by atoms with Crippen molar-refractivity contribution in [1.82, 2.24) is 5.32 Å². The van der Waals surface area contributed by atoms with Crippen molar-refractivity contribution in [1.29, 1.82) is 0 Å². The van der Waals surface area contributed by atoms with Crippen LogP contribution in [-0.4, -0.2) is 31.1 Å². The summed E-state index contributed by atoms with van der Waals surface area (Å²) in [5, 5.41) is 2.98. The minimum Gasteiger partial charge on any atom is -0.353 e. The lowest BCUT2D eigenvalue weighted by molar-refractivity contribution is 0.642. The van der Waals surface area contributed by atoms with Crippen LogP contribution in [0.4, 0.5) is 0 Å². The summed E-state index contributed by atoms with van der Waals surface area (Å²) >= 11 is 0. The van der Waals surface area contributed by atoms with Crippen LogP contribution in [0.5, 0.6) is 0 Å². The van der Waals surface area contributed by atoms with E-state index < -0.39 is 0 Å². The Morgan fingerprint density at radius 3 is 3.22 bits per heavy atom. The zero-order valence-corrected chi connectivity index (χ0v) is 4.73. The topological polar surface area (TPSA) is 49.1 Å². The molecule has 46 valence electrons. The molecule has 4 nitrogen and oxygen atoms in total. The number of fused-ring (bicyclic) bond motifs is 1. The predicted octanol–water partition coefficient (Wildman–Crippen LogP) is -0.575. The van der Waals surface area contributed by atoms with Gasteiger partial charge in [-0.25, -0.2) is 9.98 Å². The van der Waals surface area contributed by atoms with E-state index in [0.717, 1.165) is 0 Å². The summed E-state index contributed by atoms with van der Waals surface area (Å²) in [5.41, 5.74) is 0. The van der Waals surface area contributed by atoms with E-state index in [4.69, 9.17) is 0 Å². The Hall–Kier alpha value is -1.19. The summed E-state index contributed by atoms with van der Waals surface area (Å²) in [4.78, 5) is 11.9. The Bertz CT molecular complexity index is 193. The summed E-state index contributed by atoms with van der Waals surface area (Å²) in [5.74, 6) is 0. The van der Waals surface area contributed by atoms with Crippen LogP contribution in [0, 0.1) is 0 Å². The van der Waals surface area contributed by atoms with Gasteiger partial charge in [0, 0.05) is 6.21 Å². The van der Waals surface area contributed by atoms with Crippen LogP contribution in [0.2, 0.25) is 0 Å². The number of hydrogen-bond donors (Lipinski definition) is 1. The van der Waals surface area contributed by atoms with Gasteiger partial charge in [-0.15, -0.1) is 0 Å². The van der Waals surface area contributed by atoms with E-state index in [-0.39, 0.29) is 12.2 Å². The molecule has 2 aliphatic heterocycles. The molecule has 0 aromatic rings. The van der Waals surface area contributed by atoms with E-state index in [1.165, 1.54) is 0 Å². The highest BCUT2D eigenvalue weighted by Gasteiger charge is 2.21. The van der Waals surface area contributed by atoms with Crippen molar-refractivity contribution >= 4 is 18.9 Å². The zero-order valence-electron chi connectivity index (χ0n) is 4.73. The molecule has 2 rings (SSSR count). The van der Waals surface area contributed by atoms with Crippen LogP contribution in [0.3, 0.4) is 0 Å². The van der Waals surface area contributed by atoms with Crippen molar-refractivity contribution in [3.05, 3.63) is 0 Å². The molecule has 2 aliphatic rings. The van der Waals surface area contributed by atoms with Gasteiger partial charge in [0.15, 0.2) is 0 Å². The fourth-order valence-electron chi connectivity index (χ4n) is 0.874. The maximum absolute atomic E-state index is 4.06. The van der Waals surface area contributed by atoms with Crippen LogP contribution < -0.4 is 5.32 Å². The lowest BCUT2D eigenvalue weighted by Gasteiger charge is -2.10. The number of nitrogens with zero attached hydrogens (tertiary/aromatic N) is 3. The largest absolute Gasteiger partial charge is 0.353 e. The molecule has 0 aromatic carbocycles. The van der Waals surface area contributed by atoms with Crippen LogP contribution in [0.25, 0.3) is 0 Å². The van der Waals surface area contributed by atoms with E-state index >= 15 is 0 Å². The fraction of sp³-hybridized carbons (Fsp3) is 0.400. The van der Waals surface area contributed by atoms with Gasteiger partial charge >= 0.3 is 0 Å². The second-order valence-electron chi connectivity index (χ2n) is 1.94. The standard InChI is InChI=1S/C5H6N4/c1-4-5(8-2-6-1)9-3-7-4/h1-5H,(H,7,9). The number of aliphatic imine (C=N–C) groups is 3. The van der Waals surface area contributed by atoms with Gasteiger partial charge in [0.05, 0.1) is 6.34 Å². The highest BCUT2D eigenvalue weighted by atomic mass is 15.2. The molecule has 1 N–H and O–H groups in total.